The van der Waals surface area contributed by atoms with Crippen molar-refractivity contribution in [3.63, 3.8) is 0 Å². The van der Waals surface area contributed by atoms with Crippen LogP contribution in [0.25, 0.3) is 0 Å². The average Bonchev–Trinajstić information content (AvgIpc) is 2.43. The van der Waals surface area contributed by atoms with Gasteiger partial charge in [0.25, 0.3) is 0 Å². The Bertz CT molecular complexity index is 491. The Morgan fingerprint density at radius 1 is 1.14 bits per heavy atom. The fourth-order valence-electron chi connectivity index (χ4n) is 2.07. The van der Waals surface area contributed by atoms with Crippen LogP contribution >= 0.6 is 11.6 Å². The van der Waals surface area contributed by atoms with Crippen molar-refractivity contribution in [3.05, 3.63) is 29.3 Å². The number of hydrogen-bond donors (Lipinski definition) is 1. The lowest BCUT2D eigenvalue weighted by Gasteiger charge is -2.29. The summed E-state index contributed by atoms with van der Waals surface area (Å²) in [4.78, 5) is 12.0. The summed E-state index contributed by atoms with van der Waals surface area (Å²) in [7, 11) is 0. The van der Waals surface area contributed by atoms with E-state index in [1.165, 1.54) is 0 Å². The van der Waals surface area contributed by atoms with Crippen molar-refractivity contribution >= 4 is 17.6 Å². The highest BCUT2D eigenvalue weighted by atomic mass is 35.5. The minimum Gasteiger partial charge on any atom is -0.486 e. The van der Waals surface area contributed by atoms with Crippen LogP contribution in [0.5, 0.6) is 5.75 Å². The molecule has 0 saturated heterocycles. The van der Waals surface area contributed by atoms with Crippen molar-refractivity contribution in [2.24, 2.45) is 17.6 Å². The first-order valence-electron chi connectivity index (χ1n) is 7.60. The highest BCUT2D eigenvalue weighted by Gasteiger charge is 2.29. The second-order valence-electron chi connectivity index (χ2n) is 6.20. The van der Waals surface area contributed by atoms with Crippen molar-refractivity contribution in [1.82, 2.24) is 0 Å². The van der Waals surface area contributed by atoms with E-state index in [2.05, 4.69) is 0 Å². The molecule has 2 N–H and O–H groups in total. The molecule has 0 unspecified atom stereocenters. The Kier molecular flexibility index (Phi) is 7.17. The maximum absolute atomic E-state index is 12.0. The third-order valence-corrected chi connectivity index (χ3v) is 3.72. The smallest absolute Gasteiger partial charge is 0.323 e. The number of nitrogens with two attached hydrogens (primary N) is 1. The van der Waals surface area contributed by atoms with E-state index < -0.39 is 18.1 Å². The normalized spacial score (nSPS) is 15.5. The highest BCUT2D eigenvalue weighted by molar-refractivity contribution is 6.30. The summed E-state index contributed by atoms with van der Waals surface area (Å²) >= 11 is 5.97. The van der Waals surface area contributed by atoms with Crippen LogP contribution in [-0.4, -0.2) is 24.2 Å². The Balaban J connectivity index is 2.76. The molecule has 0 amide bonds. The van der Waals surface area contributed by atoms with Crippen molar-refractivity contribution in [2.45, 2.75) is 52.9 Å². The largest absolute Gasteiger partial charge is 0.486 e. The molecule has 22 heavy (non-hydrogen) atoms. The monoisotopic (exact) mass is 327 g/mol. The lowest BCUT2D eigenvalue weighted by molar-refractivity contribution is -0.156. The van der Waals surface area contributed by atoms with Gasteiger partial charge in [0.2, 0.25) is 0 Å². The van der Waals surface area contributed by atoms with Crippen LogP contribution in [-0.2, 0) is 9.53 Å². The zero-order valence-electron chi connectivity index (χ0n) is 13.9. The van der Waals surface area contributed by atoms with Gasteiger partial charge in [-0.25, -0.2) is 0 Å². The van der Waals surface area contributed by atoms with Crippen LogP contribution in [0.1, 0.15) is 34.6 Å². The number of benzene rings is 1. The van der Waals surface area contributed by atoms with Crippen LogP contribution in [0, 0.1) is 11.8 Å². The van der Waals surface area contributed by atoms with Crippen molar-refractivity contribution in [1.29, 1.82) is 0 Å². The molecule has 5 heteroatoms. The number of halogens is 1. The van der Waals surface area contributed by atoms with E-state index >= 15 is 0 Å². The first-order chi connectivity index (χ1) is 10.2. The maximum atomic E-state index is 12.0. The fourth-order valence-corrected chi connectivity index (χ4v) is 2.25. The minimum atomic E-state index is -0.624. The molecule has 0 radical (unpaired) electrons. The summed E-state index contributed by atoms with van der Waals surface area (Å²) in [5.74, 6) is 0.452. The first-order valence-corrected chi connectivity index (χ1v) is 7.98. The summed E-state index contributed by atoms with van der Waals surface area (Å²) in [5, 5.41) is 0.603. The van der Waals surface area contributed by atoms with Crippen LogP contribution in [0.4, 0.5) is 0 Å². The molecule has 124 valence electrons. The van der Waals surface area contributed by atoms with E-state index in [-0.39, 0.29) is 17.9 Å². The number of hydrogen-bond acceptors (Lipinski definition) is 4. The van der Waals surface area contributed by atoms with E-state index in [4.69, 9.17) is 26.8 Å². The van der Waals surface area contributed by atoms with Gasteiger partial charge < -0.3 is 15.2 Å². The van der Waals surface area contributed by atoms with Crippen LogP contribution in [0.3, 0.4) is 0 Å². The Morgan fingerprint density at radius 2 is 1.77 bits per heavy atom. The molecule has 0 heterocycles. The van der Waals surface area contributed by atoms with Crippen molar-refractivity contribution in [3.8, 4) is 5.75 Å². The molecule has 0 fully saturated rings. The van der Waals surface area contributed by atoms with Gasteiger partial charge in [0.05, 0.1) is 0 Å². The number of carbonyl (C=O) groups excluding carboxylic acids is 1. The Morgan fingerprint density at radius 3 is 2.27 bits per heavy atom. The molecule has 0 aliphatic heterocycles. The SMILES string of the molecule is CC(C)[C@H](N)C(=O)O[C@@H](C)[C@H](Oc1cccc(Cl)c1)C(C)C. The fraction of sp³-hybridized carbons (Fsp3) is 0.588. The van der Waals surface area contributed by atoms with E-state index in [1.807, 2.05) is 46.8 Å². The molecule has 0 saturated carbocycles. The summed E-state index contributed by atoms with van der Waals surface area (Å²) in [6.07, 6.45) is -0.682. The second-order valence-corrected chi connectivity index (χ2v) is 6.63. The molecule has 4 nitrogen and oxygen atoms in total. The zero-order chi connectivity index (χ0) is 16.9. The third kappa shape index (κ3) is 5.50. The van der Waals surface area contributed by atoms with Gasteiger partial charge in [0.1, 0.15) is 24.0 Å². The maximum Gasteiger partial charge on any atom is 0.323 e. The van der Waals surface area contributed by atoms with Gasteiger partial charge in [0.15, 0.2) is 0 Å². The van der Waals surface area contributed by atoms with E-state index in [0.717, 1.165) is 0 Å². The number of esters is 1. The molecule has 0 spiro atoms. The van der Waals surface area contributed by atoms with Gasteiger partial charge in [-0.15, -0.1) is 0 Å². The molecule has 1 aromatic rings. The van der Waals surface area contributed by atoms with E-state index in [0.29, 0.717) is 10.8 Å². The number of rotatable bonds is 7. The second kappa shape index (κ2) is 8.39. The topological polar surface area (TPSA) is 61.6 Å². The van der Waals surface area contributed by atoms with Gasteiger partial charge in [-0.1, -0.05) is 45.4 Å². The molecule has 0 aromatic heterocycles. The van der Waals surface area contributed by atoms with Gasteiger partial charge in [-0.05, 0) is 37.0 Å². The molecule has 0 bridgehead atoms. The lowest BCUT2D eigenvalue weighted by atomic mass is 10.0. The number of ether oxygens (including phenoxy) is 2. The summed E-state index contributed by atoms with van der Waals surface area (Å²) < 4.78 is 11.4. The van der Waals surface area contributed by atoms with E-state index in [9.17, 15) is 4.79 Å². The molecular formula is C17H26ClNO3. The predicted octanol–water partition coefficient (Wildman–Crippen LogP) is 3.66. The molecule has 0 aliphatic carbocycles. The van der Waals surface area contributed by atoms with E-state index in [1.54, 1.807) is 12.1 Å². The first kappa shape index (κ1) is 18.8. The quantitative estimate of drug-likeness (QED) is 0.776. The van der Waals surface area contributed by atoms with Gasteiger partial charge in [-0.3, -0.25) is 4.79 Å². The summed E-state index contributed by atoms with van der Waals surface area (Å²) in [6, 6.07) is 6.55. The molecule has 1 rings (SSSR count). The van der Waals surface area contributed by atoms with Crippen molar-refractivity contribution < 1.29 is 14.3 Å². The molecule has 1 aromatic carbocycles. The molecular weight excluding hydrogens is 302 g/mol. The molecule has 0 aliphatic rings. The van der Waals surface area contributed by atoms with Gasteiger partial charge in [0, 0.05) is 5.02 Å². The minimum absolute atomic E-state index is 0.0334. The Hall–Kier alpha value is -1.26. The predicted molar refractivity (Wildman–Crippen MR) is 89.1 cm³/mol. The standard InChI is InChI=1S/C17H26ClNO3/c1-10(2)15(19)17(20)21-12(5)16(11(3)4)22-14-8-6-7-13(18)9-14/h6-12,15-16H,19H2,1-5H3/t12-,15-,16+/m0/s1. The van der Waals surface area contributed by atoms with Gasteiger partial charge >= 0.3 is 5.97 Å². The number of carbonyl (C=O) groups is 1. The zero-order valence-corrected chi connectivity index (χ0v) is 14.6. The van der Waals surface area contributed by atoms with Crippen LogP contribution < -0.4 is 10.5 Å². The van der Waals surface area contributed by atoms with Crippen LogP contribution in [0.2, 0.25) is 5.02 Å². The molecule has 3 atom stereocenters. The summed E-state index contributed by atoms with van der Waals surface area (Å²) in [5.41, 5.74) is 5.82. The van der Waals surface area contributed by atoms with Gasteiger partial charge in [-0.2, -0.15) is 0 Å². The summed E-state index contributed by atoms with van der Waals surface area (Å²) in [6.45, 7) is 9.63. The average molecular weight is 328 g/mol. The highest BCUT2D eigenvalue weighted by Crippen LogP contribution is 2.23. The third-order valence-electron chi connectivity index (χ3n) is 3.48. The lowest BCUT2D eigenvalue weighted by Crippen LogP contribution is -2.43. The Labute approximate surface area is 137 Å². The van der Waals surface area contributed by atoms with Crippen LogP contribution in [0.15, 0.2) is 24.3 Å². The van der Waals surface area contributed by atoms with Crippen molar-refractivity contribution in [2.75, 3.05) is 0 Å².